The fourth-order valence-electron chi connectivity index (χ4n) is 9.54. The lowest BCUT2D eigenvalue weighted by atomic mass is 9.59. The molecule has 12 rings (SSSR count). The molecule has 4 heteroatoms. The first-order chi connectivity index (χ1) is 26.6. The SMILES string of the molecule is CC1(C)c2ccccc2N(c2cccc3c2C2c4ccccc4C3c3cccc(-c4nc(-c5ccccc5)nc(-c5ccccc5)n4)c32)c2ccccc21. The molecule has 7 aromatic carbocycles. The summed E-state index contributed by atoms with van der Waals surface area (Å²) in [6.07, 6.45) is 0. The van der Waals surface area contributed by atoms with E-state index in [4.69, 9.17) is 15.0 Å². The maximum atomic E-state index is 5.26. The van der Waals surface area contributed by atoms with Crippen molar-refractivity contribution in [3.63, 3.8) is 0 Å². The Bertz CT molecular complexity index is 2660. The molecular formula is C50H36N4. The van der Waals surface area contributed by atoms with Gasteiger partial charge in [0, 0.05) is 33.9 Å². The average Bonchev–Trinajstić information content (AvgIpc) is 3.24. The first-order valence-electron chi connectivity index (χ1n) is 18.8. The van der Waals surface area contributed by atoms with Crippen molar-refractivity contribution in [1.29, 1.82) is 0 Å². The molecule has 0 amide bonds. The van der Waals surface area contributed by atoms with Crippen LogP contribution in [0.25, 0.3) is 34.2 Å². The van der Waals surface area contributed by atoms with E-state index in [1.165, 1.54) is 61.6 Å². The smallest absolute Gasteiger partial charge is 0.164 e. The Labute approximate surface area is 315 Å². The molecule has 2 unspecified atom stereocenters. The minimum atomic E-state index is -0.143. The van der Waals surface area contributed by atoms with Gasteiger partial charge in [0.2, 0.25) is 0 Å². The van der Waals surface area contributed by atoms with Gasteiger partial charge in [-0.3, -0.25) is 0 Å². The first kappa shape index (κ1) is 30.9. The zero-order valence-corrected chi connectivity index (χ0v) is 30.1. The number of fused-ring (bicyclic) bond motifs is 2. The lowest BCUT2D eigenvalue weighted by molar-refractivity contribution is 0.631. The molecule has 4 aliphatic rings. The summed E-state index contributed by atoms with van der Waals surface area (Å²) < 4.78 is 0. The summed E-state index contributed by atoms with van der Waals surface area (Å²) in [7, 11) is 0. The monoisotopic (exact) mass is 692 g/mol. The highest BCUT2D eigenvalue weighted by Crippen LogP contribution is 2.62. The zero-order chi connectivity index (χ0) is 36.0. The van der Waals surface area contributed by atoms with Gasteiger partial charge in [-0.1, -0.05) is 166 Å². The van der Waals surface area contributed by atoms with Crippen LogP contribution >= 0.6 is 0 Å². The average molecular weight is 693 g/mol. The normalized spacial score (nSPS) is 16.8. The van der Waals surface area contributed by atoms with Crippen LogP contribution in [0.1, 0.15) is 70.2 Å². The highest BCUT2D eigenvalue weighted by Gasteiger charge is 2.46. The van der Waals surface area contributed by atoms with E-state index in [0.29, 0.717) is 17.5 Å². The summed E-state index contributed by atoms with van der Waals surface area (Å²) in [5.74, 6) is 2.08. The molecule has 0 N–H and O–H groups in total. The maximum absolute atomic E-state index is 5.26. The van der Waals surface area contributed by atoms with Crippen LogP contribution in [0, 0.1) is 0 Å². The molecule has 0 spiro atoms. The van der Waals surface area contributed by atoms with Crippen molar-refractivity contribution in [2.24, 2.45) is 0 Å². The standard InChI is InChI=1S/C50H36N4/c1-50(2)38-26-11-13-28-40(38)54(41-29-14-12-27-39(41)50)42-30-16-24-36-43-33-21-9-10-22-34(33)46(45(36)42)44-35(43)23-15-25-37(44)49-52-47(31-17-5-3-6-18-31)51-48(53-49)32-19-7-4-8-20-32/h3-30,43,46H,1-2H3. The van der Waals surface area contributed by atoms with Crippen molar-refractivity contribution >= 4 is 17.1 Å². The molecule has 0 fully saturated rings. The van der Waals surface area contributed by atoms with Gasteiger partial charge in [0.15, 0.2) is 17.5 Å². The fraction of sp³-hybridized carbons (Fsp3) is 0.100. The van der Waals surface area contributed by atoms with Gasteiger partial charge in [-0.15, -0.1) is 0 Å². The summed E-state index contributed by atoms with van der Waals surface area (Å²) >= 11 is 0. The summed E-state index contributed by atoms with van der Waals surface area (Å²) in [5, 5.41) is 0. The number of rotatable bonds is 4. The minimum absolute atomic E-state index is 0.0324. The number of para-hydroxylation sites is 2. The van der Waals surface area contributed by atoms with Crippen LogP contribution in [0.15, 0.2) is 170 Å². The van der Waals surface area contributed by atoms with E-state index >= 15 is 0 Å². The van der Waals surface area contributed by atoms with Gasteiger partial charge in [-0.2, -0.15) is 0 Å². The molecule has 0 saturated carbocycles. The molecule has 3 aliphatic carbocycles. The Morgan fingerprint density at radius 1 is 0.389 bits per heavy atom. The van der Waals surface area contributed by atoms with Crippen molar-refractivity contribution in [3.05, 3.63) is 214 Å². The number of benzene rings is 7. The van der Waals surface area contributed by atoms with Gasteiger partial charge >= 0.3 is 0 Å². The summed E-state index contributed by atoms with van der Waals surface area (Å²) in [6.45, 7) is 4.70. The zero-order valence-electron chi connectivity index (χ0n) is 30.1. The maximum Gasteiger partial charge on any atom is 0.164 e. The van der Waals surface area contributed by atoms with E-state index in [2.05, 4.69) is 152 Å². The number of nitrogens with zero attached hydrogens (tertiary/aromatic N) is 4. The lowest BCUT2D eigenvalue weighted by Gasteiger charge is -2.47. The van der Waals surface area contributed by atoms with Gasteiger partial charge in [0.05, 0.1) is 17.1 Å². The largest absolute Gasteiger partial charge is 0.310 e. The Balaban J connectivity index is 1.18. The Morgan fingerprint density at radius 2 is 0.833 bits per heavy atom. The van der Waals surface area contributed by atoms with E-state index in [9.17, 15) is 0 Å². The van der Waals surface area contributed by atoms with Crippen LogP contribution in [-0.4, -0.2) is 15.0 Å². The van der Waals surface area contributed by atoms with Crippen LogP contribution < -0.4 is 4.90 Å². The number of hydrogen-bond acceptors (Lipinski definition) is 4. The van der Waals surface area contributed by atoms with Gasteiger partial charge in [-0.25, -0.2) is 15.0 Å². The van der Waals surface area contributed by atoms with Crippen molar-refractivity contribution in [2.75, 3.05) is 4.90 Å². The van der Waals surface area contributed by atoms with Gasteiger partial charge in [0.1, 0.15) is 0 Å². The lowest BCUT2D eigenvalue weighted by Crippen LogP contribution is -2.33. The second kappa shape index (κ2) is 11.7. The third kappa shape index (κ3) is 4.40. The Kier molecular flexibility index (Phi) is 6.69. The molecule has 8 aromatic rings. The van der Waals surface area contributed by atoms with Gasteiger partial charge in [-0.05, 0) is 62.7 Å². The van der Waals surface area contributed by atoms with E-state index in [1.54, 1.807) is 0 Å². The molecule has 4 nitrogen and oxygen atoms in total. The first-order valence-corrected chi connectivity index (χ1v) is 18.8. The number of anilines is 3. The summed E-state index contributed by atoms with van der Waals surface area (Å²) in [5.41, 5.74) is 17.2. The highest BCUT2D eigenvalue weighted by atomic mass is 15.2. The predicted molar refractivity (Wildman–Crippen MR) is 218 cm³/mol. The molecule has 256 valence electrons. The summed E-state index contributed by atoms with van der Waals surface area (Å²) in [4.78, 5) is 18.1. The Hall–Kier alpha value is -6.65. The van der Waals surface area contributed by atoms with Crippen LogP contribution in [0.4, 0.5) is 17.1 Å². The third-order valence-corrected chi connectivity index (χ3v) is 11.9. The van der Waals surface area contributed by atoms with Crippen molar-refractivity contribution < 1.29 is 0 Å². The minimum Gasteiger partial charge on any atom is -0.310 e. The molecule has 0 radical (unpaired) electrons. The summed E-state index contributed by atoms with van der Waals surface area (Å²) in [6, 6.07) is 61.2. The number of aromatic nitrogens is 3. The van der Waals surface area contributed by atoms with Crippen LogP contribution in [-0.2, 0) is 5.41 Å². The third-order valence-electron chi connectivity index (χ3n) is 11.9. The highest BCUT2D eigenvalue weighted by molar-refractivity contribution is 5.90. The van der Waals surface area contributed by atoms with Gasteiger partial charge < -0.3 is 4.90 Å². The van der Waals surface area contributed by atoms with E-state index < -0.39 is 0 Å². The molecular weight excluding hydrogens is 657 g/mol. The van der Waals surface area contributed by atoms with Crippen LogP contribution in [0.5, 0.6) is 0 Å². The second-order valence-electron chi connectivity index (χ2n) is 15.1. The van der Waals surface area contributed by atoms with Crippen molar-refractivity contribution in [2.45, 2.75) is 31.1 Å². The molecule has 0 saturated heterocycles. The van der Waals surface area contributed by atoms with Crippen molar-refractivity contribution in [3.8, 4) is 34.2 Å². The molecule has 54 heavy (non-hydrogen) atoms. The number of hydrogen-bond donors (Lipinski definition) is 0. The topological polar surface area (TPSA) is 41.9 Å². The van der Waals surface area contributed by atoms with Crippen molar-refractivity contribution in [1.82, 2.24) is 15.0 Å². The quantitative estimate of drug-likeness (QED) is 0.184. The van der Waals surface area contributed by atoms with E-state index in [0.717, 1.165) is 16.7 Å². The fourth-order valence-corrected chi connectivity index (χ4v) is 9.54. The molecule has 2 atom stereocenters. The Morgan fingerprint density at radius 3 is 1.44 bits per heavy atom. The molecule has 2 heterocycles. The van der Waals surface area contributed by atoms with E-state index in [1.807, 2.05) is 36.4 Å². The predicted octanol–water partition coefficient (Wildman–Crippen LogP) is 12.0. The van der Waals surface area contributed by atoms with E-state index in [-0.39, 0.29) is 17.3 Å². The molecule has 1 aliphatic heterocycles. The second-order valence-corrected chi connectivity index (χ2v) is 15.1. The molecule has 1 aromatic heterocycles. The molecule has 2 bridgehead atoms. The van der Waals surface area contributed by atoms with Crippen LogP contribution in [0.3, 0.4) is 0 Å². The van der Waals surface area contributed by atoms with Crippen LogP contribution in [0.2, 0.25) is 0 Å². The van der Waals surface area contributed by atoms with Gasteiger partial charge in [0.25, 0.3) is 0 Å².